The van der Waals surface area contributed by atoms with Gasteiger partial charge in [-0.25, -0.2) is 0 Å². The maximum atomic E-state index is 12.7. The Morgan fingerprint density at radius 2 is 2.09 bits per heavy atom. The highest BCUT2D eigenvalue weighted by Gasteiger charge is 2.52. The van der Waals surface area contributed by atoms with Gasteiger partial charge < -0.3 is 19.7 Å². The molecule has 1 aromatic carbocycles. The second-order valence-electron chi connectivity index (χ2n) is 8.00. The molecule has 168 valence electrons. The molecule has 4 amide bonds. The van der Waals surface area contributed by atoms with Crippen molar-refractivity contribution in [1.82, 2.24) is 15.1 Å². The largest absolute Gasteiger partial charge is 0.454 e. The van der Waals surface area contributed by atoms with Crippen molar-refractivity contribution in [3.8, 4) is 11.5 Å². The third-order valence-electron chi connectivity index (χ3n) is 5.95. The van der Waals surface area contributed by atoms with Gasteiger partial charge >= 0.3 is 0 Å². The van der Waals surface area contributed by atoms with E-state index in [1.807, 2.05) is 6.92 Å². The molecule has 0 spiro atoms. The average molecular weight is 476 g/mol. The van der Waals surface area contributed by atoms with E-state index in [9.17, 15) is 19.2 Å². The van der Waals surface area contributed by atoms with Gasteiger partial charge in [0.05, 0.1) is 9.78 Å². The normalized spacial score (nSPS) is 27.6. The molecule has 0 aromatic heterocycles. The SMILES string of the molecule is C[C@]12CCC(=O)N1[C@H](C(=O)NCCN1C(=O)S/C(=C/c3ccc4c(c3)OCO4)C1=O)CS2. The predicted molar refractivity (Wildman–Crippen MR) is 119 cm³/mol. The fraction of sp³-hybridized carbons (Fsp3) is 0.429. The fourth-order valence-electron chi connectivity index (χ4n) is 4.27. The maximum absolute atomic E-state index is 12.7. The first-order valence-electron chi connectivity index (χ1n) is 10.2. The maximum Gasteiger partial charge on any atom is 0.293 e. The number of hydrogen-bond donors (Lipinski definition) is 1. The number of carbonyl (C=O) groups excluding carboxylic acids is 4. The number of fused-ring (bicyclic) bond motifs is 2. The molecule has 0 unspecified atom stereocenters. The van der Waals surface area contributed by atoms with Crippen LogP contribution in [0.2, 0.25) is 0 Å². The lowest BCUT2D eigenvalue weighted by Gasteiger charge is -2.29. The third kappa shape index (κ3) is 3.62. The molecule has 4 heterocycles. The van der Waals surface area contributed by atoms with Crippen LogP contribution in [0.4, 0.5) is 4.79 Å². The first-order valence-corrected chi connectivity index (χ1v) is 12.0. The van der Waals surface area contributed by atoms with Crippen molar-refractivity contribution in [3.05, 3.63) is 28.7 Å². The van der Waals surface area contributed by atoms with Crippen LogP contribution in [-0.4, -0.2) is 69.3 Å². The highest BCUT2D eigenvalue weighted by molar-refractivity contribution is 8.18. The van der Waals surface area contributed by atoms with Gasteiger partial charge in [0, 0.05) is 25.3 Å². The van der Waals surface area contributed by atoms with Crippen molar-refractivity contribution in [2.24, 2.45) is 0 Å². The van der Waals surface area contributed by atoms with E-state index in [0.29, 0.717) is 28.6 Å². The quantitative estimate of drug-likeness (QED) is 0.645. The number of hydrogen-bond acceptors (Lipinski definition) is 8. The van der Waals surface area contributed by atoms with Gasteiger partial charge in [0.25, 0.3) is 11.1 Å². The van der Waals surface area contributed by atoms with Gasteiger partial charge in [-0.3, -0.25) is 24.1 Å². The number of nitrogens with one attached hydrogen (secondary N) is 1. The van der Waals surface area contributed by atoms with Crippen molar-refractivity contribution >= 4 is 52.6 Å². The van der Waals surface area contributed by atoms with Crippen molar-refractivity contribution in [1.29, 1.82) is 0 Å². The monoisotopic (exact) mass is 475 g/mol. The third-order valence-corrected chi connectivity index (χ3v) is 8.36. The van der Waals surface area contributed by atoms with Crippen LogP contribution in [-0.2, 0) is 14.4 Å². The van der Waals surface area contributed by atoms with Crippen LogP contribution in [0.3, 0.4) is 0 Å². The molecule has 4 aliphatic heterocycles. The van der Waals surface area contributed by atoms with Crippen LogP contribution in [0.5, 0.6) is 11.5 Å². The standard InChI is InChI=1S/C21H21N3O6S2/c1-21-5-4-17(25)24(21)13(10-31-21)18(26)22-6-7-23-19(27)16(32-20(23)28)9-12-2-3-14-15(8-12)30-11-29-14/h2-3,8-9,13H,4-7,10-11H2,1H3,(H,22,26)/b16-9+/t13-,21-/m0/s1. The molecule has 0 aliphatic carbocycles. The topological polar surface area (TPSA) is 105 Å². The predicted octanol–water partition coefficient (Wildman–Crippen LogP) is 2.02. The average Bonchev–Trinajstić information content (AvgIpc) is 3.49. The number of ether oxygens (including phenoxy) is 2. The lowest BCUT2D eigenvalue weighted by molar-refractivity contribution is -0.137. The Hall–Kier alpha value is -2.66. The summed E-state index contributed by atoms with van der Waals surface area (Å²) < 4.78 is 10.6. The summed E-state index contributed by atoms with van der Waals surface area (Å²) in [7, 11) is 0. The summed E-state index contributed by atoms with van der Waals surface area (Å²) in [6, 6.07) is 4.78. The summed E-state index contributed by atoms with van der Waals surface area (Å²) in [6.45, 7) is 2.35. The molecule has 5 rings (SSSR count). The van der Waals surface area contributed by atoms with Gasteiger partial charge in [0.2, 0.25) is 18.6 Å². The van der Waals surface area contributed by atoms with Crippen molar-refractivity contribution in [2.45, 2.75) is 30.7 Å². The van der Waals surface area contributed by atoms with Gasteiger partial charge in [-0.05, 0) is 48.9 Å². The number of imide groups is 1. The van der Waals surface area contributed by atoms with E-state index in [2.05, 4.69) is 5.32 Å². The molecule has 1 N–H and O–H groups in total. The molecule has 3 saturated heterocycles. The molecule has 11 heteroatoms. The van der Waals surface area contributed by atoms with Crippen molar-refractivity contribution in [2.75, 3.05) is 25.6 Å². The Balaban J connectivity index is 1.18. The van der Waals surface area contributed by atoms with Crippen LogP contribution in [0.15, 0.2) is 23.1 Å². The number of thioether (sulfide) groups is 2. The van der Waals surface area contributed by atoms with Crippen LogP contribution in [0.25, 0.3) is 6.08 Å². The van der Waals surface area contributed by atoms with E-state index >= 15 is 0 Å². The van der Waals surface area contributed by atoms with Crippen molar-refractivity contribution < 1.29 is 28.7 Å². The van der Waals surface area contributed by atoms with Gasteiger partial charge in [0.1, 0.15) is 6.04 Å². The lowest BCUT2D eigenvalue weighted by Crippen LogP contribution is -2.51. The molecule has 9 nitrogen and oxygen atoms in total. The smallest absolute Gasteiger partial charge is 0.293 e. The molecule has 32 heavy (non-hydrogen) atoms. The van der Waals surface area contributed by atoms with Gasteiger partial charge in [-0.15, -0.1) is 11.8 Å². The molecule has 0 bridgehead atoms. The minimum absolute atomic E-state index is 0.00255. The van der Waals surface area contributed by atoms with Gasteiger partial charge in [-0.1, -0.05) is 6.07 Å². The Bertz CT molecular complexity index is 1060. The highest BCUT2D eigenvalue weighted by Crippen LogP contribution is 2.47. The Kier molecular flexibility index (Phi) is 5.32. The van der Waals surface area contributed by atoms with E-state index in [-0.39, 0.29) is 41.8 Å². The number of carbonyl (C=O) groups is 4. The Morgan fingerprint density at radius 3 is 2.94 bits per heavy atom. The summed E-state index contributed by atoms with van der Waals surface area (Å²) >= 11 is 2.49. The second-order valence-corrected chi connectivity index (χ2v) is 10.5. The Labute approximate surface area is 192 Å². The van der Waals surface area contributed by atoms with E-state index in [1.54, 1.807) is 40.9 Å². The summed E-state index contributed by atoms with van der Waals surface area (Å²) in [4.78, 5) is 52.7. The Morgan fingerprint density at radius 1 is 1.28 bits per heavy atom. The zero-order valence-corrected chi connectivity index (χ0v) is 18.9. The molecule has 1 aromatic rings. The van der Waals surface area contributed by atoms with Crippen molar-refractivity contribution in [3.63, 3.8) is 0 Å². The first-order chi connectivity index (χ1) is 15.4. The molecular formula is C21H21N3O6S2. The number of amides is 4. The van der Waals surface area contributed by atoms with Gasteiger partial charge in [0.15, 0.2) is 11.5 Å². The number of nitrogens with zero attached hydrogens (tertiary/aromatic N) is 2. The summed E-state index contributed by atoms with van der Waals surface area (Å²) in [5, 5.41) is 2.40. The molecule has 0 saturated carbocycles. The molecule has 4 aliphatic rings. The number of rotatable bonds is 5. The van der Waals surface area contributed by atoms with Crippen LogP contribution in [0.1, 0.15) is 25.3 Å². The molecule has 0 radical (unpaired) electrons. The molecule has 3 fully saturated rings. The van der Waals surface area contributed by atoms with Gasteiger partial charge in [-0.2, -0.15) is 0 Å². The minimum Gasteiger partial charge on any atom is -0.454 e. The second kappa shape index (κ2) is 8.04. The molecular weight excluding hydrogens is 454 g/mol. The van der Waals surface area contributed by atoms with E-state index < -0.39 is 11.9 Å². The number of benzene rings is 1. The first kappa shape index (κ1) is 21.2. The van der Waals surface area contributed by atoms with E-state index in [0.717, 1.165) is 28.6 Å². The lowest BCUT2D eigenvalue weighted by atomic mass is 10.2. The molecule has 2 atom stereocenters. The zero-order chi connectivity index (χ0) is 22.5. The minimum atomic E-state index is -0.513. The zero-order valence-electron chi connectivity index (χ0n) is 17.3. The highest BCUT2D eigenvalue weighted by atomic mass is 32.2. The summed E-state index contributed by atoms with van der Waals surface area (Å²) in [5.74, 6) is 1.14. The summed E-state index contributed by atoms with van der Waals surface area (Å²) in [5.41, 5.74) is 0.727. The summed E-state index contributed by atoms with van der Waals surface area (Å²) in [6.07, 6.45) is 2.84. The van der Waals surface area contributed by atoms with E-state index in [4.69, 9.17) is 9.47 Å². The van der Waals surface area contributed by atoms with Crippen LogP contribution >= 0.6 is 23.5 Å². The fourth-order valence-corrected chi connectivity index (χ4v) is 6.57. The van der Waals surface area contributed by atoms with E-state index in [1.165, 1.54) is 0 Å². The van der Waals surface area contributed by atoms with Crippen LogP contribution < -0.4 is 14.8 Å². The van der Waals surface area contributed by atoms with Crippen LogP contribution in [0, 0.1) is 0 Å².